The maximum atomic E-state index is 12.7. The summed E-state index contributed by atoms with van der Waals surface area (Å²) in [6, 6.07) is 1.01. The van der Waals surface area contributed by atoms with Gasteiger partial charge in [-0.25, -0.2) is 13.8 Å². The van der Waals surface area contributed by atoms with Gasteiger partial charge in [-0.15, -0.1) is 0 Å². The molecule has 3 nitrogen and oxygen atoms in total. The van der Waals surface area contributed by atoms with Crippen molar-refractivity contribution in [2.45, 2.75) is 19.0 Å². The number of halogens is 6. The molecule has 106 valence electrons. The van der Waals surface area contributed by atoms with E-state index < -0.39 is 36.2 Å². The molecular formula is C10H7F5INO2. The molecule has 0 aliphatic carbocycles. The first-order valence-corrected chi connectivity index (χ1v) is 5.86. The quantitative estimate of drug-likeness (QED) is 0.448. The van der Waals surface area contributed by atoms with Gasteiger partial charge < -0.3 is 4.74 Å². The maximum absolute atomic E-state index is 12.7. The number of hydrogen-bond donors (Lipinski definition) is 0. The average molecular weight is 395 g/mol. The highest BCUT2D eigenvalue weighted by Crippen LogP contribution is 2.37. The lowest BCUT2D eigenvalue weighted by Gasteiger charge is -2.14. The molecule has 0 bridgehead atoms. The van der Waals surface area contributed by atoms with Crippen molar-refractivity contribution in [3.05, 3.63) is 26.6 Å². The van der Waals surface area contributed by atoms with Crippen LogP contribution in [-0.4, -0.2) is 18.1 Å². The number of hydrogen-bond acceptors (Lipinski definition) is 3. The van der Waals surface area contributed by atoms with Crippen LogP contribution in [0.25, 0.3) is 0 Å². The maximum Gasteiger partial charge on any atom is 0.433 e. The van der Waals surface area contributed by atoms with Gasteiger partial charge in [0.05, 0.1) is 24.8 Å². The fourth-order valence-corrected chi connectivity index (χ4v) is 2.16. The molecule has 19 heavy (non-hydrogen) atoms. The van der Waals surface area contributed by atoms with E-state index >= 15 is 0 Å². The Kier molecular flexibility index (Phi) is 5.04. The topological polar surface area (TPSA) is 39.2 Å². The van der Waals surface area contributed by atoms with Crippen molar-refractivity contribution < 1.29 is 31.5 Å². The molecule has 0 unspecified atom stereocenters. The predicted molar refractivity (Wildman–Crippen MR) is 62.6 cm³/mol. The number of carbonyl (C=O) groups is 1. The summed E-state index contributed by atoms with van der Waals surface area (Å²) in [5.74, 6) is -0.804. The van der Waals surface area contributed by atoms with Crippen molar-refractivity contribution >= 4 is 28.6 Å². The molecule has 0 aliphatic rings. The van der Waals surface area contributed by atoms with E-state index in [1.54, 1.807) is 0 Å². The lowest BCUT2D eigenvalue weighted by Crippen LogP contribution is -2.17. The second kappa shape index (κ2) is 5.97. The largest absolute Gasteiger partial charge is 0.469 e. The summed E-state index contributed by atoms with van der Waals surface area (Å²) >= 11 is 1.35. The predicted octanol–water partition coefficient (Wildman–Crippen LogP) is 3.36. The Hall–Kier alpha value is -1.00. The zero-order valence-electron chi connectivity index (χ0n) is 9.39. The molecule has 9 heteroatoms. The number of esters is 1. The van der Waals surface area contributed by atoms with Crippen molar-refractivity contribution in [3.63, 3.8) is 0 Å². The van der Waals surface area contributed by atoms with E-state index in [9.17, 15) is 26.7 Å². The summed E-state index contributed by atoms with van der Waals surface area (Å²) in [6.07, 6.45) is -8.83. The van der Waals surface area contributed by atoms with E-state index in [2.05, 4.69) is 9.72 Å². The summed E-state index contributed by atoms with van der Waals surface area (Å²) in [5.41, 5.74) is -3.12. The Labute approximate surface area is 118 Å². The van der Waals surface area contributed by atoms with Crippen molar-refractivity contribution in [2.24, 2.45) is 0 Å². The van der Waals surface area contributed by atoms with Gasteiger partial charge in [0.2, 0.25) is 0 Å². The first kappa shape index (κ1) is 16.1. The van der Waals surface area contributed by atoms with Gasteiger partial charge >= 0.3 is 12.1 Å². The molecule has 0 N–H and O–H groups in total. The first-order chi connectivity index (χ1) is 8.66. The zero-order valence-corrected chi connectivity index (χ0v) is 11.6. The number of rotatable bonds is 3. The molecule has 0 spiro atoms. The molecule has 0 amide bonds. The van der Waals surface area contributed by atoms with Crippen LogP contribution in [0.4, 0.5) is 22.0 Å². The van der Waals surface area contributed by atoms with Gasteiger partial charge in [0, 0.05) is 3.57 Å². The van der Waals surface area contributed by atoms with Crippen LogP contribution >= 0.6 is 22.6 Å². The van der Waals surface area contributed by atoms with Crippen LogP contribution in [0.15, 0.2) is 6.07 Å². The van der Waals surface area contributed by atoms with E-state index in [1.807, 2.05) is 0 Å². The van der Waals surface area contributed by atoms with Crippen LogP contribution in [0.3, 0.4) is 0 Å². The third-order valence-electron chi connectivity index (χ3n) is 2.10. The lowest BCUT2D eigenvalue weighted by molar-refractivity contribution is -0.144. The molecule has 0 saturated heterocycles. The number of carbonyl (C=O) groups excluding carboxylic acids is 1. The number of nitrogens with zero attached hydrogens (tertiary/aromatic N) is 1. The third-order valence-corrected chi connectivity index (χ3v) is 2.99. The molecule has 0 saturated carbocycles. The SMILES string of the molecule is COC(=O)Cc1cc(I)c(C(F)F)c(C(F)(F)F)n1. The molecule has 1 aromatic heterocycles. The van der Waals surface area contributed by atoms with Gasteiger partial charge in [0.1, 0.15) is 0 Å². The lowest BCUT2D eigenvalue weighted by atomic mass is 10.1. The van der Waals surface area contributed by atoms with E-state index in [1.165, 1.54) is 22.6 Å². The fourth-order valence-electron chi connectivity index (χ4n) is 1.31. The number of ether oxygens (including phenoxy) is 1. The van der Waals surface area contributed by atoms with Gasteiger partial charge in [-0.1, -0.05) is 0 Å². The van der Waals surface area contributed by atoms with E-state index in [0.29, 0.717) is 0 Å². The van der Waals surface area contributed by atoms with Gasteiger partial charge in [0.25, 0.3) is 6.43 Å². The number of methoxy groups -OCH3 is 1. The Morgan fingerprint density at radius 1 is 1.47 bits per heavy atom. The molecule has 0 aliphatic heterocycles. The minimum absolute atomic E-state index is 0.270. The minimum atomic E-state index is -5.02. The summed E-state index contributed by atoms with van der Waals surface area (Å²) in [7, 11) is 1.06. The van der Waals surface area contributed by atoms with Gasteiger partial charge in [0.15, 0.2) is 5.69 Å². The van der Waals surface area contributed by atoms with Crippen molar-refractivity contribution in [1.82, 2.24) is 4.98 Å². The smallest absolute Gasteiger partial charge is 0.433 e. The first-order valence-electron chi connectivity index (χ1n) is 4.78. The van der Waals surface area contributed by atoms with Gasteiger partial charge in [-0.2, -0.15) is 13.2 Å². The molecule has 0 fully saturated rings. The Morgan fingerprint density at radius 2 is 2.05 bits per heavy atom. The number of pyridine rings is 1. The van der Waals surface area contributed by atoms with Crippen LogP contribution in [0.1, 0.15) is 23.4 Å². The van der Waals surface area contributed by atoms with Crippen LogP contribution < -0.4 is 0 Å². The zero-order chi connectivity index (χ0) is 14.8. The fraction of sp³-hybridized carbons (Fsp3) is 0.400. The highest BCUT2D eigenvalue weighted by atomic mass is 127. The van der Waals surface area contributed by atoms with Gasteiger partial charge in [-0.05, 0) is 28.7 Å². The monoisotopic (exact) mass is 395 g/mol. The van der Waals surface area contributed by atoms with Crippen LogP contribution in [0, 0.1) is 3.57 Å². The summed E-state index contributed by atoms with van der Waals surface area (Å²) in [4.78, 5) is 14.1. The summed E-state index contributed by atoms with van der Waals surface area (Å²) in [6.45, 7) is 0. The van der Waals surface area contributed by atoms with E-state index in [0.717, 1.165) is 13.2 Å². The number of aromatic nitrogens is 1. The molecule has 1 aromatic rings. The normalized spacial score (nSPS) is 11.8. The van der Waals surface area contributed by atoms with Gasteiger partial charge in [-0.3, -0.25) is 4.79 Å². The van der Waals surface area contributed by atoms with Crippen LogP contribution in [0.2, 0.25) is 0 Å². The third kappa shape index (κ3) is 3.98. The van der Waals surface area contributed by atoms with Crippen LogP contribution in [-0.2, 0) is 22.1 Å². The van der Waals surface area contributed by atoms with Crippen molar-refractivity contribution in [3.8, 4) is 0 Å². The Morgan fingerprint density at radius 3 is 2.47 bits per heavy atom. The van der Waals surface area contributed by atoms with Crippen molar-refractivity contribution in [2.75, 3.05) is 7.11 Å². The number of alkyl halides is 5. The minimum Gasteiger partial charge on any atom is -0.469 e. The average Bonchev–Trinajstić information content (AvgIpc) is 2.26. The second-order valence-corrected chi connectivity index (χ2v) is 4.57. The van der Waals surface area contributed by atoms with E-state index in [-0.39, 0.29) is 9.26 Å². The Balaban J connectivity index is 3.35. The molecule has 0 aromatic carbocycles. The summed E-state index contributed by atoms with van der Waals surface area (Å²) in [5, 5.41) is 0. The molecular weight excluding hydrogens is 388 g/mol. The second-order valence-electron chi connectivity index (χ2n) is 3.41. The Bertz CT molecular complexity index is 490. The highest BCUT2D eigenvalue weighted by molar-refractivity contribution is 14.1. The molecule has 0 atom stereocenters. The molecule has 0 radical (unpaired) electrons. The standard InChI is InChI=1S/C10H7F5INO2/c1-19-6(18)3-4-2-5(16)7(9(11)12)8(17-4)10(13,14)15/h2,9H,3H2,1H3. The van der Waals surface area contributed by atoms with Crippen molar-refractivity contribution in [1.29, 1.82) is 0 Å². The summed E-state index contributed by atoms with van der Waals surface area (Å²) < 4.78 is 67.3. The molecule has 1 rings (SSSR count). The molecule has 1 heterocycles. The highest BCUT2D eigenvalue weighted by Gasteiger charge is 2.39. The van der Waals surface area contributed by atoms with E-state index in [4.69, 9.17) is 0 Å². The van der Waals surface area contributed by atoms with Crippen LogP contribution in [0.5, 0.6) is 0 Å².